The van der Waals surface area contributed by atoms with E-state index in [-0.39, 0.29) is 12.2 Å². The highest BCUT2D eigenvalue weighted by Crippen LogP contribution is 2.11. The highest BCUT2D eigenvalue weighted by Gasteiger charge is 2.05. The molecule has 4 heteroatoms. The number of carbonyl (C=O) groups excluding carboxylic acids is 1. The van der Waals surface area contributed by atoms with E-state index >= 15 is 0 Å². The summed E-state index contributed by atoms with van der Waals surface area (Å²) in [5, 5.41) is 4.41. The van der Waals surface area contributed by atoms with Crippen LogP contribution in [0.15, 0.2) is 40.9 Å². The molecule has 0 spiro atoms. The predicted molar refractivity (Wildman–Crippen MR) is 70.4 cm³/mol. The smallest absolute Gasteiger partial charge is 0.163 e. The summed E-state index contributed by atoms with van der Waals surface area (Å²) in [6.07, 6.45) is 3.51. The van der Waals surface area contributed by atoms with Crippen LogP contribution in [0.5, 0.6) is 0 Å². The molecular formula is C14H12ClNO2. The Hall–Kier alpha value is -1.87. The highest BCUT2D eigenvalue weighted by molar-refractivity contribution is 6.30. The van der Waals surface area contributed by atoms with Crippen molar-refractivity contribution in [2.75, 3.05) is 0 Å². The van der Waals surface area contributed by atoms with E-state index in [1.54, 1.807) is 24.3 Å². The van der Waals surface area contributed by atoms with Crippen molar-refractivity contribution >= 4 is 23.5 Å². The van der Waals surface area contributed by atoms with Crippen LogP contribution in [-0.2, 0) is 11.2 Å². The van der Waals surface area contributed by atoms with Crippen LogP contribution >= 0.6 is 11.6 Å². The van der Waals surface area contributed by atoms with Gasteiger partial charge in [-0.3, -0.25) is 4.79 Å². The van der Waals surface area contributed by atoms with Gasteiger partial charge in [-0.15, -0.1) is 0 Å². The maximum atomic E-state index is 11.7. The van der Waals surface area contributed by atoms with Gasteiger partial charge < -0.3 is 4.52 Å². The lowest BCUT2D eigenvalue weighted by molar-refractivity contribution is -0.114. The second-order valence-electron chi connectivity index (χ2n) is 3.96. The molecule has 0 saturated heterocycles. The van der Waals surface area contributed by atoms with Crippen LogP contribution in [0.3, 0.4) is 0 Å². The maximum Gasteiger partial charge on any atom is 0.163 e. The second kappa shape index (κ2) is 5.65. The van der Waals surface area contributed by atoms with Crippen LogP contribution in [0.4, 0.5) is 0 Å². The van der Waals surface area contributed by atoms with E-state index in [4.69, 9.17) is 16.1 Å². The van der Waals surface area contributed by atoms with Crippen LogP contribution in [0.2, 0.25) is 5.02 Å². The first-order chi connectivity index (χ1) is 8.63. The molecular weight excluding hydrogens is 250 g/mol. The average molecular weight is 262 g/mol. The molecule has 0 N–H and O–H groups in total. The van der Waals surface area contributed by atoms with Gasteiger partial charge in [-0.1, -0.05) is 35.0 Å². The summed E-state index contributed by atoms with van der Waals surface area (Å²) in [6, 6.07) is 9.03. The quantitative estimate of drug-likeness (QED) is 0.792. The van der Waals surface area contributed by atoms with Crippen molar-refractivity contribution in [1.29, 1.82) is 0 Å². The molecule has 0 amide bonds. The molecule has 0 atom stereocenters. The number of hydrogen-bond acceptors (Lipinski definition) is 3. The van der Waals surface area contributed by atoms with Crippen molar-refractivity contribution in [1.82, 2.24) is 5.16 Å². The molecule has 92 valence electrons. The van der Waals surface area contributed by atoms with Crippen LogP contribution in [-0.4, -0.2) is 10.9 Å². The molecule has 0 saturated carbocycles. The summed E-state index contributed by atoms with van der Waals surface area (Å²) in [4.78, 5) is 11.7. The van der Waals surface area contributed by atoms with Crippen molar-refractivity contribution in [3.05, 3.63) is 58.4 Å². The lowest BCUT2D eigenvalue weighted by Gasteiger charge is -1.93. The summed E-state index contributed by atoms with van der Waals surface area (Å²) in [5.41, 5.74) is 1.71. The summed E-state index contributed by atoms with van der Waals surface area (Å²) in [7, 11) is 0. The van der Waals surface area contributed by atoms with E-state index in [9.17, 15) is 4.79 Å². The van der Waals surface area contributed by atoms with Crippen molar-refractivity contribution in [2.45, 2.75) is 13.3 Å². The van der Waals surface area contributed by atoms with Crippen molar-refractivity contribution in [2.24, 2.45) is 0 Å². The minimum atomic E-state index is -0.0268. The van der Waals surface area contributed by atoms with E-state index < -0.39 is 0 Å². The molecule has 1 aromatic heterocycles. The molecule has 0 aliphatic rings. The summed E-state index contributed by atoms with van der Waals surface area (Å²) >= 11 is 5.77. The third-order valence-corrected chi connectivity index (χ3v) is 2.61. The molecule has 0 radical (unpaired) electrons. The molecule has 2 rings (SSSR count). The normalized spacial score (nSPS) is 11.0. The van der Waals surface area contributed by atoms with Gasteiger partial charge in [-0.25, -0.2) is 0 Å². The van der Waals surface area contributed by atoms with Crippen LogP contribution in [0.1, 0.15) is 17.0 Å². The molecule has 1 aromatic carbocycles. The van der Waals surface area contributed by atoms with Gasteiger partial charge in [0.05, 0.1) is 12.1 Å². The fourth-order valence-corrected chi connectivity index (χ4v) is 1.62. The SMILES string of the molecule is Cc1cc(CC(=O)/C=C/c2ccc(Cl)cc2)on1. The van der Waals surface area contributed by atoms with Gasteiger partial charge in [-0.05, 0) is 30.7 Å². The van der Waals surface area contributed by atoms with Gasteiger partial charge in [0.15, 0.2) is 5.78 Å². The summed E-state index contributed by atoms with van der Waals surface area (Å²) in [6.45, 7) is 1.82. The van der Waals surface area contributed by atoms with E-state index in [1.807, 2.05) is 19.1 Å². The second-order valence-corrected chi connectivity index (χ2v) is 4.40. The number of rotatable bonds is 4. The molecule has 0 unspecified atom stereocenters. The fraction of sp³-hybridized carbons (Fsp3) is 0.143. The summed E-state index contributed by atoms with van der Waals surface area (Å²) in [5.74, 6) is 0.555. The number of aryl methyl sites for hydroxylation is 1. The van der Waals surface area contributed by atoms with E-state index in [0.29, 0.717) is 10.8 Å². The van der Waals surface area contributed by atoms with Gasteiger partial charge in [0.25, 0.3) is 0 Å². The molecule has 18 heavy (non-hydrogen) atoms. The molecule has 0 fully saturated rings. The largest absolute Gasteiger partial charge is 0.361 e. The maximum absolute atomic E-state index is 11.7. The minimum absolute atomic E-state index is 0.0268. The fourth-order valence-electron chi connectivity index (χ4n) is 1.49. The standard InChI is InChI=1S/C14H12ClNO2/c1-10-8-14(18-16-10)9-13(17)7-4-11-2-5-12(15)6-3-11/h2-8H,9H2,1H3/b7-4+. The zero-order valence-corrected chi connectivity index (χ0v) is 10.6. The monoisotopic (exact) mass is 261 g/mol. The van der Waals surface area contributed by atoms with Crippen LogP contribution < -0.4 is 0 Å². The Balaban J connectivity index is 1.96. The molecule has 3 nitrogen and oxygen atoms in total. The van der Waals surface area contributed by atoms with Crippen LogP contribution in [0, 0.1) is 6.92 Å². The number of nitrogens with zero attached hydrogens (tertiary/aromatic N) is 1. The Morgan fingerprint density at radius 3 is 2.72 bits per heavy atom. The third kappa shape index (κ3) is 3.57. The van der Waals surface area contributed by atoms with E-state index in [2.05, 4.69) is 5.16 Å². The Morgan fingerprint density at radius 1 is 1.39 bits per heavy atom. The number of allylic oxidation sites excluding steroid dienone is 1. The van der Waals surface area contributed by atoms with Gasteiger partial charge in [0.2, 0.25) is 0 Å². The number of carbonyl (C=O) groups is 1. The van der Waals surface area contributed by atoms with Gasteiger partial charge >= 0.3 is 0 Å². The zero-order chi connectivity index (χ0) is 13.0. The van der Waals surface area contributed by atoms with Crippen LogP contribution in [0.25, 0.3) is 6.08 Å². The Morgan fingerprint density at radius 2 is 2.11 bits per heavy atom. The molecule has 0 aliphatic heterocycles. The highest BCUT2D eigenvalue weighted by atomic mass is 35.5. The lowest BCUT2D eigenvalue weighted by Crippen LogP contribution is -1.96. The molecule has 0 bridgehead atoms. The topological polar surface area (TPSA) is 43.1 Å². The summed E-state index contributed by atoms with van der Waals surface area (Å²) < 4.78 is 4.98. The minimum Gasteiger partial charge on any atom is -0.361 e. The van der Waals surface area contributed by atoms with Gasteiger partial charge in [0, 0.05) is 11.1 Å². The Labute approximate surface area is 110 Å². The number of hydrogen-bond donors (Lipinski definition) is 0. The molecule has 2 aromatic rings. The van der Waals surface area contributed by atoms with Crippen molar-refractivity contribution in [3.8, 4) is 0 Å². The first-order valence-electron chi connectivity index (χ1n) is 5.52. The molecule has 0 aliphatic carbocycles. The Bertz CT molecular complexity index is 570. The van der Waals surface area contributed by atoms with Crippen molar-refractivity contribution in [3.63, 3.8) is 0 Å². The number of aromatic nitrogens is 1. The predicted octanol–water partition coefficient (Wildman–Crippen LogP) is 3.46. The average Bonchev–Trinajstić information content (AvgIpc) is 2.74. The van der Waals surface area contributed by atoms with E-state index in [1.165, 1.54) is 6.08 Å². The lowest BCUT2D eigenvalue weighted by atomic mass is 10.1. The number of benzene rings is 1. The first-order valence-corrected chi connectivity index (χ1v) is 5.90. The van der Waals surface area contributed by atoms with E-state index in [0.717, 1.165) is 11.3 Å². The molecule has 1 heterocycles. The zero-order valence-electron chi connectivity index (χ0n) is 9.89. The van der Waals surface area contributed by atoms with Gasteiger partial charge in [0.1, 0.15) is 5.76 Å². The van der Waals surface area contributed by atoms with Crippen molar-refractivity contribution < 1.29 is 9.32 Å². The number of halogens is 1. The first kappa shape index (κ1) is 12.6. The van der Waals surface area contributed by atoms with Gasteiger partial charge in [-0.2, -0.15) is 0 Å². The number of ketones is 1. The Kier molecular flexibility index (Phi) is 3.95. The third-order valence-electron chi connectivity index (χ3n) is 2.36.